The standard InChI is InChI=1S/C21H34N6O/c1-2-25-12-14-26(15-13-25)11-5-10-22-19(28)18-16-27(17-21(18)6-3-7-21)20-23-8-4-9-24-20/h4,8-9,18H,2-3,5-7,10-17H2,1H3,(H,22,28). The zero-order valence-electron chi connectivity index (χ0n) is 17.1. The Bertz CT molecular complexity index is 642. The summed E-state index contributed by atoms with van der Waals surface area (Å²) in [6.07, 6.45) is 8.12. The molecule has 1 aromatic heterocycles. The molecule has 1 N–H and O–H groups in total. The van der Waals surface area contributed by atoms with Gasteiger partial charge < -0.3 is 20.0 Å². The van der Waals surface area contributed by atoms with E-state index in [0.717, 1.165) is 71.0 Å². The molecule has 28 heavy (non-hydrogen) atoms. The molecule has 1 amide bonds. The Labute approximate surface area is 168 Å². The van der Waals surface area contributed by atoms with E-state index < -0.39 is 0 Å². The Morgan fingerprint density at radius 2 is 1.89 bits per heavy atom. The quantitative estimate of drug-likeness (QED) is 0.711. The van der Waals surface area contributed by atoms with Crippen molar-refractivity contribution in [1.82, 2.24) is 25.1 Å². The maximum absolute atomic E-state index is 13.0. The number of piperazine rings is 1. The van der Waals surface area contributed by atoms with Crippen LogP contribution in [-0.2, 0) is 4.79 Å². The maximum Gasteiger partial charge on any atom is 0.225 e. The first kappa shape index (κ1) is 19.6. The fourth-order valence-corrected chi connectivity index (χ4v) is 5.04. The smallest absolute Gasteiger partial charge is 0.225 e. The van der Waals surface area contributed by atoms with Crippen molar-refractivity contribution >= 4 is 11.9 Å². The van der Waals surface area contributed by atoms with Crippen molar-refractivity contribution < 1.29 is 4.79 Å². The van der Waals surface area contributed by atoms with Crippen LogP contribution in [-0.4, -0.2) is 84.6 Å². The van der Waals surface area contributed by atoms with Crippen LogP contribution in [0.25, 0.3) is 0 Å². The Kier molecular flexibility index (Phi) is 6.11. The summed E-state index contributed by atoms with van der Waals surface area (Å²) in [5.74, 6) is 1.06. The number of amides is 1. The fraction of sp³-hybridized carbons (Fsp3) is 0.762. The number of likely N-dealkylation sites (N-methyl/N-ethyl adjacent to an activating group) is 1. The summed E-state index contributed by atoms with van der Waals surface area (Å²) in [6, 6.07) is 1.84. The minimum absolute atomic E-state index is 0.0677. The molecule has 1 unspecified atom stereocenters. The Morgan fingerprint density at radius 1 is 1.18 bits per heavy atom. The lowest BCUT2D eigenvalue weighted by molar-refractivity contribution is -0.129. The second kappa shape index (κ2) is 8.74. The lowest BCUT2D eigenvalue weighted by atomic mass is 9.62. The van der Waals surface area contributed by atoms with E-state index in [9.17, 15) is 4.79 Å². The van der Waals surface area contributed by atoms with Gasteiger partial charge in [-0.25, -0.2) is 9.97 Å². The van der Waals surface area contributed by atoms with Crippen molar-refractivity contribution in [2.24, 2.45) is 11.3 Å². The van der Waals surface area contributed by atoms with Crippen molar-refractivity contribution in [2.75, 3.05) is 63.8 Å². The average molecular weight is 387 g/mol. The number of nitrogens with one attached hydrogen (secondary N) is 1. The maximum atomic E-state index is 13.0. The molecule has 7 nitrogen and oxygen atoms in total. The first-order valence-electron chi connectivity index (χ1n) is 10.9. The van der Waals surface area contributed by atoms with Crippen LogP contribution < -0.4 is 10.2 Å². The lowest BCUT2D eigenvalue weighted by Gasteiger charge is -2.41. The van der Waals surface area contributed by atoms with Gasteiger partial charge in [0.2, 0.25) is 11.9 Å². The van der Waals surface area contributed by atoms with Crippen LogP contribution in [0.3, 0.4) is 0 Å². The molecule has 0 radical (unpaired) electrons. The van der Waals surface area contributed by atoms with Crippen molar-refractivity contribution in [2.45, 2.75) is 32.6 Å². The SMILES string of the molecule is CCN1CCN(CCCNC(=O)C2CN(c3ncccn3)CC23CCC3)CC1. The van der Waals surface area contributed by atoms with Gasteiger partial charge in [0, 0.05) is 63.6 Å². The predicted octanol–water partition coefficient (Wildman–Crippen LogP) is 1.23. The second-order valence-corrected chi connectivity index (χ2v) is 8.62. The molecule has 7 heteroatoms. The normalized spacial score (nSPS) is 25.0. The minimum Gasteiger partial charge on any atom is -0.356 e. The summed E-state index contributed by atoms with van der Waals surface area (Å²) in [4.78, 5) is 29.0. The van der Waals surface area contributed by atoms with E-state index in [-0.39, 0.29) is 17.2 Å². The molecule has 3 heterocycles. The zero-order valence-corrected chi connectivity index (χ0v) is 17.1. The van der Waals surface area contributed by atoms with Gasteiger partial charge in [-0.2, -0.15) is 0 Å². The summed E-state index contributed by atoms with van der Waals surface area (Å²) in [7, 11) is 0. The van der Waals surface area contributed by atoms with Gasteiger partial charge in [-0.3, -0.25) is 4.79 Å². The van der Waals surface area contributed by atoms with E-state index in [2.05, 4.69) is 36.9 Å². The molecule has 2 aliphatic heterocycles. The van der Waals surface area contributed by atoms with E-state index in [4.69, 9.17) is 0 Å². The monoisotopic (exact) mass is 386 g/mol. The van der Waals surface area contributed by atoms with Gasteiger partial charge in [-0.15, -0.1) is 0 Å². The molecule has 3 fully saturated rings. The molecule has 1 aliphatic carbocycles. The van der Waals surface area contributed by atoms with Crippen LogP contribution in [0.5, 0.6) is 0 Å². The lowest BCUT2D eigenvalue weighted by Crippen LogP contribution is -2.47. The minimum atomic E-state index is 0.0677. The summed E-state index contributed by atoms with van der Waals surface area (Å²) in [6.45, 7) is 11.5. The molecule has 154 valence electrons. The number of anilines is 1. The number of nitrogens with zero attached hydrogens (tertiary/aromatic N) is 5. The van der Waals surface area contributed by atoms with E-state index in [0.29, 0.717) is 0 Å². The predicted molar refractivity (Wildman–Crippen MR) is 110 cm³/mol. The van der Waals surface area contributed by atoms with E-state index in [1.807, 2.05) is 6.07 Å². The summed E-state index contributed by atoms with van der Waals surface area (Å²) in [5, 5.41) is 3.24. The molecule has 0 aromatic carbocycles. The first-order valence-corrected chi connectivity index (χ1v) is 10.9. The summed E-state index contributed by atoms with van der Waals surface area (Å²) in [5.41, 5.74) is 0.139. The van der Waals surface area contributed by atoms with Crippen LogP contribution in [0.4, 0.5) is 5.95 Å². The van der Waals surface area contributed by atoms with Gasteiger partial charge in [0.15, 0.2) is 0 Å². The highest BCUT2D eigenvalue weighted by atomic mass is 16.2. The molecule has 3 aliphatic rings. The third-order valence-corrected chi connectivity index (χ3v) is 7.01. The molecule has 1 atom stereocenters. The van der Waals surface area contributed by atoms with Crippen molar-refractivity contribution in [3.05, 3.63) is 18.5 Å². The highest BCUT2D eigenvalue weighted by molar-refractivity contribution is 5.81. The molecule has 1 saturated carbocycles. The molecule has 1 spiro atoms. The van der Waals surface area contributed by atoms with Crippen molar-refractivity contribution in [1.29, 1.82) is 0 Å². The molecule has 2 saturated heterocycles. The van der Waals surface area contributed by atoms with Crippen molar-refractivity contribution in [3.8, 4) is 0 Å². The number of hydrogen-bond donors (Lipinski definition) is 1. The van der Waals surface area contributed by atoms with Gasteiger partial charge in [-0.1, -0.05) is 13.3 Å². The number of hydrogen-bond acceptors (Lipinski definition) is 6. The Balaban J connectivity index is 1.24. The van der Waals surface area contributed by atoms with Crippen LogP contribution in [0.15, 0.2) is 18.5 Å². The highest BCUT2D eigenvalue weighted by Gasteiger charge is 2.53. The average Bonchev–Trinajstić information content (AvgIpc) is 3.14. The Hall–Kier alpha value is -1.73. The number of aromatic nitrogens is 2. The van der Waals surface area contributed by atoms with Gasteiger partial charge in [0.05, 0.1) is 5.92 Å². The number of rotatable bonds is 7. The zero-order chi connectivity index (χ0) is 19.4. The van der Waals surface area contributed by atoms with Crippen LogP contribution in [0, 0.1) is 11.3 Å². The highest BCUT2D eigenvalue weighted by Crippen LogP contribution is 2.52. The molecule has 1 aromatic rings. The Morgan fingerprint density at radius 3 is 2.54 bits per heavy atom. The molecular weight excluding hydrogens is 352 g/mol. The number of carbonyl (C=O) groups excluding carboxylic acids is 1. The number of carbonyl (C=O) groups is 1. The van der Waals surface area contributed by atoms with Gasteiger partial charge in [0.1, 0.15) is 0 Å². The second-order valence-electron chi connectivity index (χ2n) is 8.62. The van der Waals surface area contributed by atoms with Crippen LogP contribution >= 0.6 is 0 Å². The van der Waals surface area contributed by atoms with E-state index >= 15 is 0 Å². The summed E-state index contributed by atoms with van der Waals surface area (Å²) < 4.78 is 0. The molecule has 4 rings (SSSR count). The third kappa shape index (κ3) is 4.15. The fourth-order valence-electron chi connectivity index (χ4n) is 5.04. The largest absolute Gasteiger partial charge is 0.356 e. The molecule has 0 bridgehead atoms. The van der Waals surface area contributed by atoms with Gasteiger partial charge >= 0.3 is 0 Å². The van der Waals surface area contributed by atoms with E-state index in [1.54, 1.807) is 12.4 Å². The van der Waals surface area contributed by atoms with Gasteiger partial charge in [0.25, 0.3) is 0 Å². The third-order valence-electron chi connectivity index (χ3n) is 7.01. The topological polar surface area (TPSA) is 64.6 Å². The molecular formula is C21H34N6O. The van der Waals surface area contributed by atoms with Crippen LogP contribution in [0.1, 0.15) is 32.6 Å². The van der Waals surface area contributed by atoms with Gasteiger partial charge in [-0.05, 0) is 38.4 Å². The van der Waals surface area contributed by atoms with Crippen molar-refractivity contribution in [3.63, 3.8) is 0 Å². The first-order chi connectivity index (χ1) is 13.7. The van der Waals surface area contributed by atoms with E-state index in [1.165, 1.54) is 19.5 Å². The van der Waals surface area contributed by atoms with Crippen LogP contribution in [0.2, 0.25) is 0 Å². The summed E-state index contributed by atoms with van der Waals surface area (Å²) >= 11 is 0.